The number of carbonyl (C=O) groups excluding carboxylic acids is 1. The molecule has 0 heterocycles. The van der Waals surface area contributed by atoms with Crippen LogP contribution in [0.2, 0.25) is 5.02 Å². The van der Waals surface area contributed by atoms with E-state index in [1.54, 1.807) is 12.1 Å². The predicted octanol–water partition coefficient (Wildman–Crippen LogP) is 5.18. The Morgan fingerprint density at radius 2 is 1.85 bits per heavy atom. The summed E-state index contributed by atoms with van der Waals surface area (Å²) in [6.45, 7) is 0. The molecule has 3 rings (SSSR count). The first-order chi connectivity index (χ1) is 9.66. The minimum Gasteiger partial charge on any atom is -0.294 e. The molecule has 1 fully saturated rings. The fourth-order valence-electron chi connectivity index (χ4n) is 3.53. The highest BCUT2D eigenvalue weighted by Crippen LogP contribution is 2.41. The van der Waals surface area contributed by atoms with Crippen LogP contribution in [0.25, 0.3) is 5.57 Å². The first kappa shape index (κ1) is 13.8. The molecule has 1 nitrogen and oxygen atoms in total. The van der Waals surface area contributed by atoms with E-state index in [-0.39, 0.29) is 10.8 Å². The van der Waals surface area contributed by atoms with E-state index in [2.05, 4.69) is 0 Å². The third kappa shape index (κ3) is 2.54. The number of benzene rings is 1. The van der Waals surface area contributed by atoms with E-state index >= 15 is 0 Å². The monoisotopic (exact) mass is 292 g/mol. The van der Waals surface area contributed by atoms with Gasteiger partial charge in [-0.1, -0.05) is 42.5 Å². The van der Waals surface area contributed by atoms with Gasteiger partial charge in [-0.3, -0.25) is 4.79 Å². The Labute approximate surface area is 123 Å². The Hall–Kier alpha value is -1.15. The molecule has 0 spiro atoms. The SMILES string of the molecule is O=C1CCC(C2CCCCC2)=C1c1ccc(F)c(Cl)c1. The predicted molar refractivity (Wildman–Crippen MR) is 79.1 cm³/mol. The van der Waals surface area contributed by atoms with Crippen LogP contribution in [0.3, 0.4) is 0 Å². The molecule has 3 heteroatoms. The topological polar surface area (TPSA) is 17.1 Å². The number of halogens is 2. The number of carbonyl (C=O) groups is 1. The molecule has 1 aromatic rings. The highest BCUT2D eigenvalue weighted by molar-refractivity contribution is 6.31. The second-order valence-corrected chi connectivity index (χ2v) is 6.19. The van der Waals surface area contributed by atoms with E-state index in [0.29, 0.717) is 12.3 Å². The lowest BCUT2D eigenvalue weighted by atomic mass is 9.81. The summed E-state index contributed by atoms with van der Waals surface area (Å²) in [7, 11) is 0. The molecule has 20 heavy (non-hydrogen) atoms. The van der Waals surface area contributed by atoms with Gasteiger partial charge in [-0.2, -0.15) is 0 Å². The highest BCUT2D eigenvalue weighted by atomic mass is 35.5. The van der Waals surface area contributed by atoms with Crippen molar-refractivity contribution in [3.05, 3.63) is 40.2 Å². The zero-order chi connectivity index (χ0) is 14.1. The van der Waals surface area contributed by atoms with Crippen LogP contribution in [0.5, 0.6) is 0 Å². The summed E-state index contributed by atoms with van der Waals surface area (Å²) >= 11 is 5.86. The summed E-state index contributed by atoms with van der Waals surface area (Å²) < 4.78 is 13.3. The molecular weight excluding hydrogens is 275 g/mol. The van der Waals surface area contributed by atoms with Crippen molar-refractivity contribution in [3.63, 3.8) is 0 Å². The van der Waals surface area contributed by atoms with Crippen LogP contribution in [-0.4, -0.2) is 5.78 Å². The normalized spacial score (nSPS) is 20.8. The maximum absolute atomic E-state index is 13.3. The van der Waals surface area contributed by atoms with Crippen LogP contribution in [0.4, 0.5) is 4.39 Å². The molecule has 0 amide bonds. The minimum absolute atomic E-state index is 0.0951. The molecule has 0 radical (unpaired) electrons. The maximum atomic E-state index is 13.3. The van der Waals surface area contributed by atoms with Gasteiger partial charge in [0.2, 0.25) is 0 Å². The van der Waals surface area contributed by atoms with E-state index in [4.69, 9.17) is 11.6 Å². The average Bonchev–Trinajstić information content (AvgIpc) is 2.85. The van der Waals surface area contributed by atoms with Crippen LogP contribution in [0.15, 0.2) is 23.8 Å². The summed E-state index contributed by atoms with van der Waals surface area (Å²) in [4.78, 5) is 12.2. The van der Waals surface area contributed by atoms with E-state index in [1.807, 2.05) is 0 Å². The maximum Gasteiger partial charge on any atom is 0.163 e. The number of ketones is 1. The Morgan fingerprint density at radius 3 is 2.55 bits per heavy atom. The van der Waals surface area contributed by atoms with Gasteiger partial charge in [0.05, 0.1) is 5.02 Å². The highest BCUT2D eigenvalue weighted by Gasteiger charge is 2.30. The molecule has 1 aromatic carbocycles. The Morgan fingerprint density at radius 1 is 1.10 bits per heavy atom. The smallest absolute Gasteiger partial charge is 0.163 e. The van der Waals surface area contributed by atoms with Crippen LogP contribution in [0.1, 0.15) is 50.5 Å². The standard InChI is InChI=1S/C17H18ClFO/c18-14-10-12(6-8-15(14)19)17-13(7-9-16(17)20)11-4-2-1-3-5-11/h6,8,10-11H,1-5,7,9H2. The zero-order valence-electron chi connectivity index (χ0n) is 11.4. The number of hydrogen-bond donors (Lipinski definition) is 0. The quantitative estimate of drug-likeness (QED) is 0.734. The number of allylic oxidation sites excluding steroid dienone is 2. The molecule has 0 aromatic heterocycles. The van der Waals surface area contributed by atoms with Gasteiger partial charge in [0.25, 0.3) is 0 Å². The zero-order valence-corrected chi connectivity index (χ0v) is 12.2. The van der Waals surface area contributed by atoms with Gasteiger partial charge >= 0.3 is 0 Å². The van der Waals surface area contributed by atoms with Crippen molar-refractivity contribution < 1.29 is 9.18 Å². The molecule has 0 bridgehead atoms. The molecule has 0 N–H and O–H groups in total. The van der Waals surface area contributed by atoms with Crippen molar-refractivity contribution >= 4 is 23.0 Å². The van der Waals surface area contributed by atoms with Gasteiger partial charge in [0.15, 0.2) is 5.78 Å². The number of hydrogen-bond acceptors (Lipinski definition) is 1. The fourth-order valence-corrected chi connectivity index (χ4v) is 3.72. The van der Waals surface area contributed by atoms with Crippen LogP contribution >= 0.6 is 11.6 Å². The second kappa shape index (κ2) is 5.69. The second-order valence-electron chi connectivity index (χ2n) is 5.79. The van der Waals surface area contributed by atoms with Crippen molar-refractivity contribution in [2.24, 2.45) is 5.92 Å². The first-order valence-electron chi connectivity index (χ1n) is 7.38. The summed E-state index contributed by atoms with van der Waals surface area (Å²) in [6.07, 6.45) is 7.63. The van der Waals surface area contributed by atoms with Gasteiger partial charge in [-0.25, -0.2) is 4.39 Å². The average molecular weight is 293 g/mol. The van der Waals surface area contributed by atoms with Crippen molar-refractivity contribution in [1.82, 2.24) is 0 Å². The van der Waals surface area contributed by atoms with Gasteiger partial charge in [-0.05, 0) is 42.9 Å². The molecule has 0 atom stereocenters. The number of rotatable bonds is 2. The molecule has 1 saturated carbocycles. The largest absolute Gasteiger partial charge is 0.294 e. The summed E-state index contributed by atoms with van der Waals surface area (Å²) in [6, 6.07) is 4.63. The van der Waals surface area contributed by atoms with Gasteiger partial charge in [0.1, 0.15) is 5.82 Å². The molecular formula is C17H18ClFO. The summed E-state index contributed by atoms with van der Waals surface area (Å²) in [5, 5.41) is 0.0951. The molecule has 0 unspecified atom stereocenters. The van der Waals surface area contributed by atoms with Crippen LogP contribution < -0.4 is 0 Å². The van der Waals surface area contributed by atoms with Gasteiger partial charge < -0.3 is 0 Å². The van der Waals surface area contributed by atoms with E-state index in [9.17, 15) is 9.18 Å². The molecule has 106 valence electrons. The fraction of sp³-hybridized carbons (Fsp3) is 0.471. The lowest BCUT2D eigenvalue weighted by Crippen LogP contribution is -2.09. The van der Waals surface area contributed by atoms with Crippen molar-refractivity contribution in [2.45, 2.75) is 44.9 Å². The van der Waals surface area contributed by atoms with Gasteiger partial charge in [0, 0.05) is 12.0 Å². The molecule has 0 aliphatic heterocycles. The third-order valence-electron chi connectivity index (χ3n) is 4.53. The molecule has 2 aliphatic carbocycles. The van der Waals surface area contributed by atoms with Crippen molar-refractivity contribution in [1.29, 1.82) is 0 Å². The lowest BCUT2D eigenvalue weighted by Gasteiger charge is -2.24. The summed E-state index contributed by atoms with van der Waals surface area (Å²) in [5.74, 6) is 0.294. The van der Waals surface area contributed by atoms with Crippen LogP contribution in [-0.2, 0) is 4.79 Å². The summed E-state index contributed by atoms with van der Waals surface area (Å²) in [5.41, 5.74) is 2.90. The number of Topliss-reactive ketones (excluding diaryl/α,β-unsaturated/α-hetero) is 1. The van der Waals surface area contributed by atoms with E-state index in [1.165, 1.54) is 43.7 Å². The van der Waals surface area contributed by atoms with E-state index in [0.717, 1.165) is 17.6 Å². The lowest BCUT2D eigenvalue weighted by molar-refractivity contribution is -0.113. The van der Waals surface area contributed by atoms with Gasteiger partial charge in [-0.15, -0.1) is 0 Å². The van der Waals surface area contributed by atoms with Crippen molar-refractivity contribution in [2.75, 3.05) is 0 Å². The van der Waals surface area contributed by atoms with Crippen LogP contribution in [0, 0.1) is 11.7 Å². The Kier molecular flexibility index (Phi) is 3.93. The molecule has 2 aliphatic rings. The third-order valence-corrected chi connectivity index (χ3v) is 4.82. The van der Waals surface area contributed by atoms with E-state index < -0.39 is 5.82 Å². The Balaban J connectivity index is 2.01. The minimum atomic E-state index is -0.430. The molecule has 0 saturated heterocycles. The Bertz CT molecular complexity index is 570. The van der Waals surface area contributed by atoms with Crippen molar-refractivity contribution in [3.8, 4) is 0 Å². The first-order valence-corrected chi connectivity index (χ1v) is 7.76.